The number of thioether (sulfide) groups is 2. The predicted molar refractivity (Wildman–Crippen MR) is 93.0 cm³/mol. The summed E-state index contributed by atoms with van der Waals surface area (Å²) >= 11 is 4.27. The van der Waals surface area contributed by atoms with Crippen molar-refractivity contribution in [3.63, 3.8) is 0 Å². The number of benzene rings is 1. The zero-order valence-electron chi connectivity index (χ0n) is 12.5. The van der Waals surface area contributed by atoms with Crippen molar-refractivity contribution in [2.24, 2.45) is 0 Å². The smallest absolute Gasteiger partial charge is 0.0448 e. The minimum atomic E-state index is 0.484. The van der Waals surface area contributed by atoms with Gasteiger partial charge < -0.3 is 5.32 Å². The maximum Gasteiger partial charge on any atom is 0.0448 e. The molecule has 1 saturated heterocycles. The molecule has 20 heavy (non-hydrogen) atoms. The van der Waals surface area contributed by atoms with Gasteiger partial charge in [-0.15, -0.1) is 0 Å². The molecule has 1 heterocycles. The van der Waals surface area contributed by atoms with Gasteiger partial charge in [-0.2, -0.15) is 23.5 Å². The summed E-state index contributed by atoms with van der Waals surface area (Å²) < 4.78 is 0. The van der Waals surface area contributed by atoms with E-state index in [-0.39, 0.29) is 0 Å². The molecule has 0 radical (unpaired) electrons. The fraction of sp³-hybridized carbons (Fsp3) is 0.647. The van der Waals surface area contributed by atoms with Crippen LogP contribution in [-0.2, 0) is 0 Å². The Bertz CT molecular complexity index is 427. The van der Waals surface area contributed by atoms with Crippen molar-refractivity contribution in [1.29, 1.82) is 0 Å². The van der Waals surface area contributed by atoms with Gasteiger partial charge in [0.25, 0.3) is 0 Å². The van der Waals surface area contributed by atoms with Crippen molar-refractivity contribution >= 4 is 23.5 Å². The van der Waals surface area contributed by atoms with E-state index < -0.39 is 0 Å². The van der Waals surface area contributed by atoms with E-state index in [0.29, 0.717) is 11.3 Å². The van der Waals surface area contributed by atoms with Crippen molar-refractivity contribution in [1.82, 2.24) is 5.32 Å². The summed E-state index contributed by atoms with van der Waals surface area (Å²) in [7, 11) is 2.11. The van der Waals surface area contributed by atoms with Gasteiger partial charge in [0.15, 0.2) is 0 Å². The van der Waals surface area contributed by atoms with E-state index in [4.69, 9.17) is 0 Å². The Morgan fingerprint density at radius 1 is 1.10 bits per heavy atom. The monoisotopic (exact) mass is 307 g/mol. The molecule has 3 atom stereocenters. The molecule has 1 aliphatic heterocycles. The van der Waals surface area contributed by atoms with Gasteiger partial charge in [-0.3, -0.25) is 0 Å². The lowest BCUT2D eigenvalue weighted by Gasteiger charge is -2.35. The third-order valence-corrected chi connectivity index (χ3v) is 7.94. The van der Waals surface area contributed by atoms with Crippen LogP contribution in [0.3, 0.4) is 0 Å². The van der Waals surface area contributed by atoms with Crippen molar-refractivity contribution < 1.29 is 0 Å². The van der Waals surface area contributed by atoms with Gasteiger partial charge in [0.2, 0.25) is 0 Å². The first kappa shape index (κ1) is 14.8. The Balaban J connectivity index is 1.74. The second-order valence-corrected chi connectivity index (χ2v) is 8.74. The lowest BCUT2D eigenvalue weighted by atomic mass is 9.80. The second-order valence-electron chi connectivity index (χ2n) is 5.97. The van der Waals surface area contributed by atoms with Crippen LogP contribution in [0.25, 0.3) is 0 Å². The Morgan fingerprint density at radius 2 is 1.80 bits per heavy atom. The zero-order chi connectivity index (χ0) is 13.9. The van der Waals surface area contributed by atoms with Gasteiger partial charge in [0.1, 0.15) is 0 Å². The van der Waals surface area contributed by atoms with Crippen LogP contribution in [0.2, 0.25) is 0 Å². The van der Waals surface area contributed by atoms with Gasteiger partial charge >= 0.3 is 0 Å². The first-order valence-electron chi connectivity index (χ1n) is 7.80. The van der Waals surface area contributed by atoms with Crippen molar-refractivity contribution in [3.05, 3.63) is 35.4 Å². The summed E-state index contributed by atoms with van der Waals surface area (Å²) in [5.74, 6) is 3.44. The fourth-order valence-electron chi connectivity index (χ4n) is 3.25. The van der Waals surface area contributed by atoms with E-state index in [1.54, 1.807) is 5.56 Å². The lowest BCUT2D eigenvalue weighted by Crippen LogP contribution is -2.36. The summed E-state index contributed by atoms with van der Waals surface area (Å²) in [6, 6.07) is 9.95. The summed E-state index contributed by atoms with van der Waals surface area (Å²) in [6.45, 7) is 2.38. The highest BCUT2D eigenvalue weighted by atomic mass is 32.2. The van der Waals surface area contributed by atoms with Crippen LogP contribution in [0, 0.1) is 0 Å². The van der Waals surface area contributed by atoms with E-state index in [1.165, 1.54) is 36.3 Å². The van der Waals surface area contributed by atoms with Crippen molar-refractivity contribution in [2.75, 3.05) is 18.6 Å². The zero-order valence-corrected chi connectivity index (χ0v) is 14.1. The highest BCUT2D eigenvalue weighted by Crippen LogP contribution is 2.40. The molecule has 0 bridgehead atoms. The van der Waals surface area contributed by atoms with Gasteiger partial charge in [-0.25, -0.2) is 0 Å². The Labute approximate surface area is 131 Å². The maximum absolute atomic E-state index is 3.56. The molecular formula is C17H25NS2. The van der Waals surface area contributed by atoms with Gasteiger partial charge in [-0.1, -0.05) is 37.6 Å². The van der Waals surface area contributed by atoms with Crippen LogP contribution in [0.1, 0.15) is 49.3 Å². The minimum absolute atomic E-state index is 0.484. The fourth-order valence-corrected chi connectivity index (χ4v) is 6.24. The SMILES string of the molecule is CNC(c1ccc(C2CCC2)cc1)C1SCCSC1C. The van der Waals surface area contributed by atoms with E-state index in [9.17, 15) is 0 Å². The highest BCUT2D eigenvalue weighted by molar-refractivity contribution is 8.07. The normalized spacial score (nSPS) is 28.9. The largest absolute Gasteiger partial charge is 0.312 e. The summed E-state index contributed by atoms with van der Waals surface area (Å²) in [6.07, 6.45) is 4.20. The van der Waals surface area contributed by atoms with Crippen LogP contribution in [0.5, 0.6) is 0 Å². The minimum Gasteiger partial charge on any atom is -0.312 e. The number of hydrogen-bond donors (Lipinski definition) is 1. The average molecular weight is 308 g/mol. The molecule has 1 saturated carbocycles. The highest BCUT2D eigenvalue weighted by Gasteiger charge is 2.30. The molecule has 2 aliphatic rings. The van der Waals surface area contributed by atoms with Crippen molar-refractivity contribution in [3.8, 4) is 0 Å². The summed E-state index contributed by atoms with van der Waals surface area (Å²) in [5.41, 5.74) is 3.01. The van der Waals surface area contributed by atoms with E-state index in [0.717, 1.165) is 11.2 Å². The van der Waals surface area contributed by atoms with E-state index in [1.807, 2.05) is 0 Å². The third kappa shape index (κ3) is 3.05. The number of nitrogens with one attached hydrogen (secondary N) is 1. The van der Waals surface area contributed by atoms with Gasteiger partial charge in [0.05, 0.1) is 0 Å². The molecule has 1 aromatic rings. The topological polar surface area (TPSA) is 12.0 Å². The Kier molecular flexibility index (Phi) is 5.00. The molecular weight excluding hydrogens is 282 g/mol. The molecule has 0 amide bonds. The molecule has 1 N–H and O–H groups in total. The number of hydrogen-bond acceptors (Lipinski definition) is 3. The first-order chi connectivity index (χ1) is 9.79. The second kappa shape index (κ2) is 6.76. The molecule has 2 fully saturated rings. The first-order valence-corrected chi connectivity index (χ1v) is 9.89. The van der Waals surface area contributed by atoms with Gasteiger partial charge in [-0.05, 0) is 36.9 Å². The average Bonchev–Trinajstić information content (AvgIpc) is 2.41. The van der Waals surface area contributed by atoms with Crippen LogP contribution in [-0.4, -0.2) is 29.1 Å². The quantitative estimate of drug-likeness (QED) is 0.882. The van der Waals surface area contributed by atoms with E-state index >= 15 is 0 Å². The molecule has 3 heteroatoms. The summed E-state index contributed by atoms with van der Waals surface area (Å²) in [4.78, 5) is 0. The molecule has 1 aliphatic carbocycles. The molecule has 0 aromatic heterocycles. The maximum atomic E-state index is 3.56. The van der Waals surface area contributed by atoms with Crippen LogP contribution in [0.4, 0.5) is 0 Å². The van der Waals surface area contributed by atoms with Crippen molar-refractivity contribution in [2.45, 2.75) is 48.6 Å². The third-order valence-electron chi connectivity index (χ3n) is 4.75. The number of rotatable bonds is 4. The Morgan fingerprint density at radius 3 is 2.35 bits per heavy atom. The molecule has 110 valence electrons. The Hall–Kier alpha value is -0.120. The van der Waals surface area contributed by atoms with Crippen LogP contribution >= 0.6 is 23.5 Å². The molecule has 3 unspecified atom stereocenters. The van der Waals surface area contributed by atoms with Gasteiger partial charge in [0, 0.05) is 28.0 Å². The van der Waals surface area contributed by atoms with Crippen LogP contribution in [0.15, 0.2) is 24.3 Å². The standard InChI is InChI=1S/C17H25NS2/c1-12-17(20-11-10-19-12)16(18-2)15-8-6-14(7-9-15)13-4-3-5-13/h6-9,12-13,16-18H,3-5,10-11H2,1-2H3. The molecule has 0 spiro atoms. The molecule has 1 nitrogen and oxygen atoms in total. The molecule has 3 rings (SSSR count). The van der Waals surface area contributed by atoms with Crippen LogP contribution < -0.4 is 5.32 Å². The molecule has 1 aromatic carbocycles. The van der Waals surface area contributed by atoms with E-state index in [2.05, 4.69) is 67.1 Å². The lowest BCUT2D eigenvalue weighted by molar-refractivity contribution is 0.419. The summed E-state index contributed by atoms with van der Waals surface area (Å²) in [5, 5.41) is 4.98. The predicted octanol–water partition coefficient (Wildman–Crippen LogP) is 4.45.